The quantitative estimate of drug-likeness (QED) is 0.701. The first-order chi connectivity index (χ1) is 14.6. The van der Waals surface area contributed by atoms with E-state index in [1.165, 1.54) is 18.7 Å². The number of likely N-dealkylation sites (tertiary alicyclic amines) is 2. The van der Waals surface area contributed by atoms with Gasteiger partial charge in [0.2, 0.25) is 0 Å². The van der Waals surface area contributed by atoms with Gasteiger partial charge >= 0.3 is 0 Å². The number of nitrogens with zero attached hydrogens (tertiary/aromatic N) is 6. The van der Waals surface area contributed by atoms with Gasteiger partial charge in [-0.2, -0.15) is 5.10 Å². The van der Waals surface area contributed by atoms with Gasteiger partial charge in [-0.1, -0.05) is 18.2 Å². The van der Waals surface area contributed by atoms with Gasteiger partial charge in [-0.05, 0) is 19.1 Å². The number of aromatic nitrogens is 5. The molecule has 1 N–H and O–H groups in total. The maximum Gasteiger partial charge on any atom is 0.257 e. The van der Waals surface area contributed by atoms with Crippen molar-refractivity contribution in [2.45, 2.75) is 12.3 Å². The van der Waals surface area contributed by atoms with Gasteiger partial charge in [0.25, 0.3) is 11.8 Å². The average molecular weight is 403 g/mol. The summed E-state index contributed by atoms with van der Waals surface area (Å²) in [5, 5.41) is 7.34. The molecule has 1 aromatic carbocycles. The highest BCUT2D eigenvalue weighted by atomic mass is 16.2. The zero-order valence-corrected chi connectivity index (χ0v) is 16.5. The maximum absolute atomic E-state index is 13.1. The molecule has 3 aromatic rings. The molecule has 2 amide bonds. The summed E-state index contributed by atoms with van der Waals surface area (Å²) >= 11 is 0. The summed E-state index contributed by atoms with van der Waals surface area (Å²) in [6, 6.07) is 9.27. The molecule has 2 aliphatic rings. The molecule has 30 heavy (non-hydrogen) atoms. The van der Waals surface area contributed by atoms with Crippen molar-refractivity contribution in [1.29, 1.82) is 0 Å². The molecule has 5 rings (SSSR count). The molecular formula is C21H21N7O2. The normalized spacial score (nSPS) is 22.9. The monoisotopic (exact) mass is 403 g/mol. The number of benzene rings is 1. The van der Waals surface area contributed by atoms with Crippen LogP contribution in [0.25, 0.3) is 0 Å². The van der Waals surface area contributed by atoms with Crippen LogP contribution in [0.2, 0.25) is 0 Å². The third-order valence-corrected chi connectivity index (χ3v) is 6.05. The van der Waals surface area contributed by atoms with Crippen LogP contribution < -0.4 is 0 Å². The number of fused-ring (bicyclic) bond motifs is 1. The first kappa shape index (κ1) is 18.4. The number of aryl methyl sites for hydroxylation is 1. The highest BCUT2D eigenvalue weighted by molar-refractivity contribution is 5.95. The lowest BCUT2D eigenvalue weighted by Crippen LogP contribution is -2.42. The van der Waals surface area contributed by atoms with E-state index < -0.39 is 5.41 Å². The van der Waals surface area contributed by atoms with Crippen LogP contribution in [0.3, 0.4) is 0 Å². The SMILES string of the molecule is Cc1nc([C@]23CN(C(=O)c4ccccc4)C[C@H]2CN(C(=O)c2cncnc2)C3)n[nH]1. The molecule has 0 unspecified atom stereocenters. The molecule has 0 spiro atoms. The number of carbonyl (C=O) groups excluding carboxylic acids is 2. The smallest absolute Gasteiger partial charge is 0.257 e. The molecule has 2 saturated heterocycles. The lowest BCUT2D eigenvalue weighted by atomic mass is 9.80. The summed E-state index contributed by atoms with van der Waals surface area (Å²) < 4.78 is 0. The van der Waals surface area contributed by atoms with E-state index >= 15 is 0 Å². The number of aromatic amines is 1. The summed E-state index contributed by atoms with van der Waals surface area (Å²) in [6.07, 6.45) is 4.46. The van der Waals surface area contributed by atoms with Crippen molar-refractivity contribution >= 4 is 11.8 Å². The second-order valence-electron chi connectivity index (χ2n) is 7.96. The van der Waals surface area contributed by atoms with Crippen molar-refractivity contribution in [3.8, 4) is 0 Å². The minimum absolute atomic E-state index is 0.00836. The zero-order valence-electron chi connectivity index (χ0n) is 16.5. The minimum atomic E-state index is -0.500. The Hall–Kier alpha value is -3.62. The molecule has 2 aromatic heterocycles. The molecular weight excluding hydrogens is 382 g/mol. The van der Waals surface area contributed by atoms with Crippen molar-refractivity contribution in [1.82, 2.24) is 34.9 Å². The molecule has 0 saturated carbocycles. The Morgan fingerprint density at radius 1 is 1.00 bits per heavy atom. The van der Waals surface area contributed by atoms with Gasteiger partial charge in [0, 0.05) is 50.1 Å². The number of amides is 2. The van der Waals surface area contributed by atoms with Crippen molar-refractivity contribution in [2.24, 2.45) is 5.92 Å². The van der Waals surface area contributed by atoms with Crippen molar-refractivity contribution < 1.29 is 9.59 Å². The molecule has 152 valence electrons. The number of rotatable bonds is 3. The van der Waals surface area contributed by atoms with Crippen molar-refractivity contribution in [2.75, 3.05) is 26.2 Å². The summed E-state index contributed by atoms with van der Waals surface area (Å²) in [5.74, 6) is 1.30. The fraction of sp³-hybridized carbons (Fsp3) is 0.333. The zero-order chi connectivity index (χ0) is 20.7. The number of nitrogens with one attached hydrogen (secondary N) is 1. The summed E-state index contributed by atoms with van der Waals surface area (Å²) in [4.78, 5) is 42.3. The van der Waals surface area contributed by atoms with E-state index in [9.17, 15) is 9.59 Å². The molecule has 2 atom stereocenters. The predicted molar refractivity (Wildman–Crippen MR) is 107 cm³/mol. The van der Waals surface area contributed by atoms with Crippen LogP contribution >= 0.6 is 0 Å². The fourth-order valence-corrected chi connectivity index (χ4v) is 4.61. The van der Waals surface area contributed by atoms with Crippen LogP contribution in [0.4, 0.5) is 0 Å². The van der Waals surface area contributed by atoms with E-state index in [-0.39, 0.29) is 17.7 Å². The standard InChI is InChI=1S/C21H21N7O2/c1-14-24-20(26-25-14)21-11-27(18(29)15-5-3-2-4-6-15)9-17(21)10-28(12-21)19(30)16-7-22-13-23-8-16/h2-8,13,17H,9-12H2,1H3,(H,24,25,26)/t17-,21-/m0/s1. The number of hydrogen-bond acceptors (Lipinski definition) is 6. The van der Waals surface area contributed by atoms with E-state index in [1.54, 1.807) is 4.90 Å². The molecule has 9 nitrogen and oxygen atoms in total. The lowest BCUT2D eigenvalue weighted by molar-refractivity contribution is 0.0731. The first-order valence-electron chi connectivity index (χ1n) is 9.85. The Labute approximate surface area is 173 Å². The van der Waals surface area contributed by atoms with E-state index in [2.05, 4.69) is 25.1 Å². The molecule has 9 heteroatoms. The molecule has 0 bridgehead atoms. The van der Waals surface area contributed by atoms with Crippen molar-refractivity contribution in [3.05, 3.63) is 71.8 Å². The van der Waals surface area contributed by atoms with Crippen LogP contribution in [-0.4, -0.2) is 72.9 Å². The minimum Gasteiger partial charge on any atom is -0.337 e. The van der Waals surface area contributed by atoms with Crippen LogP contribution in [0, 0.1) is 12.8 Å². The van der Waals surface area contributed by atoms with Gasteiger partial charge in [-0.3, -0.25) is 14.7 Å². The van der Waals surface area contributed by atoms with Gasteiger partial charge in [0.05, 0.1) is 11.0 Å². The molecule has 4 heterocycles. The third-order valence-electron chi connectivity index (χ3n) is 6.05. The van der Waals surface area contributed by atoms with E-state index in [0.717, 1.165) is 0 Å². The van der Waals surface area contributed by atoms with Gasteiger partial charge < -0.3 is 9.80 Å². The van der Waals surface area contributed by atoms with E-state index in [0.29, 0.717) is 49.0 Å². The van der Waals surface area contributed by atoms with Gasteiger partial charge in [-0.25, -0.2) is 15.0 Å². The lowest BCUT2D eigenvalue weighted by Gasteiger charge is -2.26. The van der Waals surface area contributed by atoms with Crippen LogP contribution in [-0.2, 0) is 5.41 Å². The van der Waals surface area contributed by atoms with Crippen LogP contribution in [0.15, 0.2) is 49.1 Å². The Morgan fingerprint density at radius 2 is 1.63 bits per heavy atom. The number of hydrogen-bond donors (Lipinski definition) is 1. The highest BCUT2D eigenvalue weighted by Gasteiger charge is 2.57. The number of carbonyl (C=O) groups is 2. The Bertz CT molecular complexity index is 1020. The van der Waals surface area contributed by atoms with Gasteiger partial charge in [-0.15, -0.1) is 0 Å². The van der Waals surface area contributed by atoms with Gasteiger partial charge in [0.1, 0.15) is 12.2 Å². The Morgan fingerprint density at radius 3 is 2.23 bits per heavy atom. The summed E-state index contributed by atoms with van der Waals surface area (Å²) in [6.45, 7) is 3.85. The van der Waals surface area contributed by atoms with Crippen molar-refractivity contribution in [3.63, 3.8) is 0 Å². The maximum atomic E-state index is 13.1. The Kier molecular flexibility index (Phi) is 4.30. The summed E-state index contributed by atoms with van der Waals surface area (Å²) in [5.41, 5.74) is 0.615. The topological polar surface area (TPSA) is 108 Å². The Balaban J connectivity index is 1.45. The molecule has 2 fully saturated rings. The van der Waals surface area contributed by atoms with Crippen LogP contribution in [0.5, 0.6) is 0 Å². The average Bonchev–Trinajstić information content (AvgIpc) is 3.46. The second-order valence-corrected chi connectivity index (χ2v) is 7.96. The summed E-state index contributed by atoms with van der Waals surface area (Å²) in [7, 11) is 0. The largest absolute Gasteiger partial charge is 0.337 e. The van der Waals surface area contributed by atoms with Crippen LogP contribution in [0.1, 0.15) is 32.4 Å². The third kappa shape index (κ3) is 2.94. The molecule has 0 radical (unpaired) electrons. The van der Waals surface area contributed by atoms with Gasteiger partial charge in [0.15, 0.2) is 5.82 Å². The molecule has 2 aliphatic heterocycles. The van der Waals surface area contributed by atoms with E-state index in [1.807, 2.05) is 42.2 Å². The molecule has 0 aliphatic carbocycles. The predicted octanol–water partition coefficient (Wildman–Crippen LogP) is 1.07. The first-order valence-corrected chi connectivity index (χ1v) is 9.85. The second kappa shape index (κ2) is 7.01. The highest BCUT2D eigenvalue weighted by Crippen LogP contribution is 2.44. The fourth-order valence-electron chi connectivity index (χ4n) is 4.61. The van der Waals surface area contributed by atoms with E-state index in [4.69, 9.17) is 0 Å². The number of H-pyrrole nitrogens is 1.